The Morgan fingerprint density at radius 3 is 2.62 bits per heavy atom. The van der Waals surface area contributed by atoms with Crippen molar-refractivity contribution in [3.63, 3.8) is 0 Å². The van der Waals surface area contributed by atoms with Gasteiger partial charge in [-0.3, -0.25) is 19.2 Å². The first-order chi connectivity index (χ1) is 15.2. The summed E-state index contributed by atoms with van der Waals surface area (Å²) in [6.45, 7) is 1.82. The lowest BCUT2D eigenvalue weighted by molar-refractivity contribution is -0.387. The highest BCUT2D eigenvalue weighted by atomic mass is 32.2. The minimum atomic E-state index is -3.94. The highest BCUT2D eigenvalue weighted by Crippen LogP contribution is 2.36. The summed E-state index contributed by atoms with van der Waals surface area (Å²) in [5.74, 6) is -1.71. The Balaban J connectivity index is 1.63. The van der Waals surface area contributed by atoms with Crippen molar-refractivity contribution < 1.29 is 22.5 Å². The number of carbonyl (C=O) groups is 1. The van der Waals surface area contributed by atoms with Crippen LogP contribution in [-0.4, -0.2) is 25.3 Å². The molecule has 0 spiro atoms. The van der Waals surface area contributed by atoms with E-state index < -0.39 is 32.4 Å². The van der Waals surface area contributed by atoms with E-state index in [0.29, 0.717) is 12.1 Å². The van der Waals surface area contributed by atoms with Crippen molar-refractivity contribution in [2.24, 2.45) is 0 Å². The summed E-state index contributed by atoms with van der Waals surface area (Å²) in [5, 5.41) is 13.3. The highest BCUT2D eigenvalue weighted by Gasteiger charge is 2.36. The maximum atomic E-state index is 13.5. The van der Waals surface area contributed by atoms with E-state index in [1.54, 1.807) is 12.1 Å². The van der Waals surface area contributed by atoms with Crippen molar-refractivity contribution in [3.8, 4) is 0 Å². The third kappa shape index (κ3) is 3.80. The van der Waals surface area contributed by atoms with Crippen LogP contribution >= 0.6 is 0 Å². The predicted octanol–water partition coefficient (Wildman–Crippen LogP) is 4.13. The molecule has 0 saturated heterocycles. The Labute approximate surface area is 183 Å². The number of nitro benzene ring substituents is 1. The van der Waals surface area contributed by atoms with Crippen LogP contribution in [0.25, 0.3) is 0 Å². The maximum absolute atomic E-state index is 13.5. The minimum absolute atomic E-state index is 0.0125. The Hall–Kier alpha value is -3.79. The molecule has 3 aromatic carbocycles. The second kappa shape index (κ2) is 8.04. The summed E-state index contributed by atoms with van der Waals surface area (Å²) >= 11 is 0. The molecule has 0 saturated carbocycles. The monoisotopic (exact) mass is 455 g/mol. The first-order valence-corrected chi connectivity index (χ1v) is 11.1. The molecule has 1 atom stereocenters. The lowest BCUT2D eigenvalue weighted by Crippen LogP contribution is -2.35. The summed E-state index contributed by atoms with van der Waals surface area (Å²) in [6.07, 6.45) is 0.582. The average Bonchev–Trinajstić information content (AvgIpc) is 3.11. The molecular weight excluding hydrogens is 437 g/mol. The topological polar surface area (TPSA) is 110 Å². The number of benzene rings is 3. The summed E-state index contributed by atoms with van der Waals surface area (Å²) in [7, 11) is -3.94. The van der Waals surface area contributed by atoms with Gasteiger partial charge in [-0.15, -0.1) is 0 Å². The van der Waals surface area contributed by atoms with Crippen LogP contribution in [0.4, 0.5) is 21.5 Å². The molecule has 1 aliphatic heterocycles. The Kier molecular flexibility index (Phi) is 5.39. The van der Waals surface area contributed by atoms with Crippen molar-refractivity contribution in [1.82, 2.24) is 0 Å². The number of hydrogen-bond donors (Lipinski definition) is 1. The van der Waals surface area contributed by atoms with Crippen LogP contribution in [0.1, 0.15) is 22.8 Å². The van der Waals surface area contributed by atoms with Gasteiger partial charge in [0.15, 0.2) is 0 Å². The summed E-state index contributed by atoms with van der Waals surface area (Å²) in [6, 6.07) is 15.4. The van der Waals surface area contributed by atoms with Gasteiger partial charge in [0.25, 0.3) is 15.9 Å². The van der Waals surface area contributed by atoms with Crippen LogP contribution in [0, 0.1) is 15.9 Å². The van der Waals surface area contributed by atoms with E-state index in [1.165, 1.54) is 34.6 Å². The molecule has 1 amide bonds. The van der Waals surface area contributed by atoms with Gasteiger partial charge in [-0.05, 0) is 55.3 Å². The van der Waals surface area contributed by atoms with Gasteiger partial charge < -0.3 is 5.32 Å². The SMILES string of the molecule is C[C@H]1Cc2ccccc2N1S(=O)(=O)c1cccc(C(=O)Nc2ccc(F)c([N+](=O)[O-])c2)c1. The normalized spacial score (nSPS) is 15.3. The number of rotatable bonds is 5. The zero-order valence-electron chi connectivity index (χ0n) is 16.9. The number of anilines is 2. The highest BCUT2D eigenvalue weighted by molar-refractivity contribution is 7.92. The number of sulfonamides is 1. The second-order valence-electron chi connectivity index (χ2n) is 7.39. The first-order valence-electron chi connectivity index (χ1n) is 9.66. The fraction of sp³-hybridized carbons (Fsp3) is 0.136. The third-order valence-corrected chi connectivity index (χ3v) is 7.12. The molecule has 3 aromatic rings. The number of halogens is 1. The molecule has 0 bridgehead atoms. The summed E-state index contributed by atoms with van der Waals surface area (Å²) in [5.41, 5.74) is 0.807. The zero-order valence-corrected chi connectivity index (χ0v) is 17.7. The molecule has 0 aliphatic carbocycles. The lowest BCUT2D eigenvalue weighted by Gasteiger charge is -2.24. The molecular formula is C22H18FN3O5S. The van der Waals surface area contributed by atoms with Crippen molar-refractivity contribution in [2.75, 3.05) is 9.62 Å². The van der Waals surface area contributed by atoms with Gasteiger partial charge in [0, 0.05) is 23.4 Å². The molecule has 0 aromatic heterocycles. The third-order valence-electron chi connectivity index (χ3n) is 5.20. The van der Waals surface area contributed by atoms with E-state index in [4.69, 9.17) is 0 Å². The standard InChI is InChI=1S/C22H18FN3O5S/c1-14-11-15-5-2-3-8-20(15)25(14)32(30,31)18-7-4-6-16(12-18)22(27)24-17-9-10-19(23)21(13-17)26(28)29/h2-10,12-14H,11H2,1H3,(H,24,27)/t14-/m0/s1. The minimum Gasteiger partial charge on any atom is -0.322 e. The average molecular weight is 455 g/mol. The molecule has 1 heterocycles. The molecule has 4 rings (SSSR count). The number of carbonyl (C=O) groups excluding carboxylic acids is 1. The summed E-state index contributed by atoms with van der Waals surface area (Å²) < 4.78 is 41.6. The smallest absolute Gasteiger partial charge is 0.306 e. The molecule has 8 nitrogen and oxygen atoms in total. The lowest BCUT2D eigenvalue weighted by atomic mass is 10.1. The van der Waals surface area contributed by atoms with E-state index in [9.17, 15) is 27.7 Å². The van der Waals surface area contributed by atoms with Crippen LogP contribution in [-0.2, 0) is 16.4 Å². The first kappa shape index (κ1) is 21.4. The van der Waals surface area contributed by atoms with Gasteiger partial charge in [-0.25, -0.2) is 8.42 Å². The number of nitrogens with zero attached hydrogens (tertiary/aromatic N) is 2. The molecule has 0 radical (unpaired) electrons. The quantitative estimate of drug-likeness (QED) is 0.460. The van der Waals surface area contributed by atoms with Crippen LogP contribution in [0.2, 0.25) is 0 Å². The number of amides is 1. The number of nitro groups is 1. The maximum Gasteiger partial charge on any atom is 0.306 e. The number of hydrogen-bond acceptors (Lipinski definition) is 5. The molecule has 32 heavy (non-hydrogen) atoms. The fourth-order valence-electron chi connectivity index (χ4n) is 3.75. The van der Waals surface area contributed by atoms with E-state index in [-0.39, 0.29) is 22.2 Å². The van der Waals surface area contributed by atoms with Gasteiger partial charge in [-0.1, -0.05) is 24.3 Å². The molecule has 0 fully saturated rings. The Bertz CT molecular complexity index is 1340. The predicted molar refractivity (Wildman–Crippen MR) is 117 cm³/mol. The Morgan fingerprint density at radius 2 is 1.88 bits per heavy atom. The molecule has 164 valence electrons. The van der Waals surface area contributed by atoms with Crippen molar-refractivity contribution in [1.29, 1.82) is 0 Å². The van der Waals surface area contributed by atoms with E-state index in [2.05, 4.69) is 5.32 Å². The van der Waals surface area contributed by atoms with E-state index >= 15 is 0 Å². The van der Waals surface area contributed by atoms with Gasteiger partial charge in [-0.2, -0.15) is 4.39 Å². The van der Waals surface area contributed by atoms with Crippen molar-refractivity contribution in [3.05, 3.63) is 93.8 Å². The fourth-order valence-corrected chi connectivity index (χ4v) is 5.49. The van der Waals surface area contributed by atoms with E-state index in [0.717, 1.165) is 17.7 Å². The zero-order chi connectivity index (χ0) is 23.0. The van der Waals surface area contributed by atoms with Gasteiger partial charge in [0.05, 0.1) is 15.5 Å². The molecule has 1 N–H and O–H groups in total. The van der Waals surface area contributed by atoms with Gasteiger partial charge in [0.1, 0.15) is 0 Å². The molecule has 1 aliphatic rings. The van der Waals surface area contributed by atoms with Crippen LogP contribution in [0.3, 0.4) is 0 Å². The largest absolute Gasteiger partial charge is 0.322 e. The van der Waals surface area contributed by atoms with Gasteiger partial charge in [0.2, 0.25) is 5.82 Å². The van der Waals surface area contributed by atoms with E-state index in [1.807, 2.05) is 19.1 Å². The Morgan fingerprint density at radius 1 is 1.12 bits per heavy atom. The van der Waals surface area contributed by atoms with Crippen molar-refractivity contribution >= 4 is 33.0 Å². The molecule has 0 unspecified atom stereocenters. The second-order valence-corrected chi connectivity index (χ2v) is 9.20. The van der Waals surface area contributed by atoms with Gasteiger partial charge >= 0.3 is 5.69 Å². The van der Waals surface area contributed by atoms with Crippen LogP contribution < -0.4 is 9.62 Å². The van der Waals surface area contributed by atoms with Crippen LogP contribution in [0.15, 0.2) is 71.6 Å². The number of nitrogens with one attached hydrogen (secondary N) is 1. The number of para-hydroxylation sites is 1. The van der Waals surface area contributed by atoms with Crippen LogP contribution in [0.5, 0.6) is 0 Å². The van der Waals surface area contributed by atoms with Crippen molar-refractivity contribution in [2.45, 2.75) is 24.3 Å². The molecule has 10 heteroatoms. The number of fused-ring (bicyclic) bond motifs is 1. The summed E-state index contributed by atoms with van der Waals surface area (Å²) in [4.78, 5) is 22.6.